The summed E-state index contributed by atoms with van der Waals surface area (Å²) in [6.07, 6.45) is -0.319. The van der Waals surface area contributed by atoms with Crippen LogP contribution >= 0.6 is 0 Å². The van der Waals surface area contributed by atoms with Crippen LogP contribution in [0.5, 0.6) is 5.75 Å². The molecule has 0 unspecified atom stereocenters. The number of hydrogen-bond donors (Lipinski definition) is 0. The minimum absolute atomic E-state index is 0.160. The van der Waals surface area contributed by atoms with Gasteiger partial charge in [0, 0.05) is 5.92 Å². The number of rotatable bonds is 8. The summed E-state index contributed by atoms with van der Waals surface area (Å²) in [5.74, 6) is -0.967. The Morgan fingerprint density at radius 2 is 1.57 bits per heavy atom. The van der Waals surface area contributed by atoms with Crippen LogP contribution in [0.2, 0.25) is 0 Å². The SMILES string of the molecule is CCOC(=O)C1(C(=O)OCC)[C@H](Cc2ccccc2)CO[C@H]1c1ccc(OC)cc1. The third-order valence-corrected chi connectivity index (χ3v) is 5.49. The van der Waals surface area contributed by atoms with Crippen molar-refractivity contribution >= 4 is 11.9 Å². The Morgan fingerprint density at radius 3 is 2.10 bits per heavy atom. The summed E-state index contributed by atoms with van der Waals surface area (Å²) in [5.41, 5.74) is 0.128. The zero-order chi connectivity index (χ0) is 21.6. The molecule has 0 amide bonds. The highest BCUT2D eigenvalue weighted by molar-refractivity contribution is 6.02. The molecule has 160 valence electrons. The second-order valence-corrected chi connectivity index (χ2v) is 7.18. The quantitative estimate of drug-likeness (QED) is 0.486. The van der Waals surface area contributed by atoms with E-state index in [9.17, 15) is 9.59 Å². The zero-order valence-corrected chi connectivity index (χ0v) is 17.6. The normalized spacial score (nSPS) is 19.8. The van der Waals surface area contributed by atoms with Crippen LogP contribution in [0.15, 0.2) is 54.6 Å². The van der Waals surface area contributed by atoms with Gasteiger partial charge in [0.25, 0.3) is 0 Å². The molecule has 1 saturated heterocycles. The molecule has 6 nitrogen and oxygen atoms in total. The van der Waals surface area contributed by atoms with E-state index in [4.69, 9.17) is 18.9 Å². The van der Waals surface area contributed by atoms with Crippen LogP contribution in [-0.4, -0.2) is 38.9 Å². The van der Waals surface area contributed by atoms with E-state index in [0.29, 0.717) is 17.7 Å². The minimum Gasteiger partial charge on any atom is -0.497 e. The van der Waals surface area contributed by atoms with Gasteiger partial charge in [0.15, 0.2) is 5.41 Å². The van der Waals surface area contributed by atoms with Crippen molar-refractivity contribution in [2.24, 2.45) is 11.3 Å². The van der Waals surface area contributed by atoms with Gasteiger partial charge in [-0.3, -0.25) is 9.59 Å². The van der Waals surface area contributed by atoms with Gasteiger partial charge in [0.05, 0.1) is 26.9 Å². The molecular formula is C24H28O6. The van der Waals surface area contributed by atoms with Crippen molar-refractivity contribution < 1.29 is 28.5 Å². The molecule has 0 N–H and O–H groups in total. The Balaban J connectivity index is 2.09. The van der Waals surface area contributed by atoms with E-state index in [0.717, 1.165) is 5.56 Å². The summed E-state index contributed by atoms with van der Waals surface area (Å²) in [6.45, 7) is 4.01. The number of hydrogen-bond acceptors (Lipinski definition) is 6. The molecule has 6 heteroatoms. The molecule has 0 radical (unpaired) electrons. The zero-order valence-electron chi connectivity index (χ0n) is 17.6. The Hall–Kier alpha value is -2.86. The van der Waals surface area contributed by atoms with Crippen LogP contribution in [0.3, 0.4) is 0 Å². The molecular weight excluding hydrogens is 384 g/mol. The highest BCUT2D eigenvalue weighted by Gasteiger charge is 2.64. The lowest BCUT2D eigenvalue weighted by atomic mass is 9.69. The highest BCUT2D eigenvalue weighted by Crippen LogP contribution is 2.52. The van der Waals surface area contributed by atoms with Gasteiger partial charge in [-0.25, -0.2) is 0 Å². The molecule has 2 aromatic carbocycles. The molecule has 1 aliphatic rings. The fraction of sp³-hybridized carbons (Fsp3) is 0.417. The van der Waals surface area contributed by atoms with Crippen molar-refractivity contribution in [1.29, 1.82) is 0 Å². The van der Waals surface area contributed by atoms with Gasteiger partial charge in [-0.1, -0.05) is 42.5 Å². The first-order chi connectivity index (χ1) is 14.6. The van der Waals surface area contributed by atoms with E-state index in [-0.39, 0.29) is 19.8 Å². The largest absolute Gasteiger partial charge is 0.497 e. The molecule has 3 rings (SSSR count). The molecule has 0 aromatic heterocycles. The molecule has 2 atom stereocenters. The van der Waals surface area contributed by atoms with Crippen molar-refractivity contribution in [3.63, 3.8) is 0 Å². The van der Waals surface area contributed by atoms with Gasteiger partial charge >= 0.3 is 11.9 Å². The van der Waals surface area contributed by atoms with E-state index in [1.54, 1.807) is 33.1 Å². The molecule has 1 fully saturated rings. The van der Waals surface area contributed by atoms with Crippen LogP contribution in [-0.2, 0) is 30.2 Å². The number of benzene rings is 2. The number of ether oxygens (including phenoxy) is 4. The number of esters is 2. The van der Waals surface area contributed by atoms with Crippen molar-refractivity contribution in [2.45, 2.75) is 26.4 Å². The molecule has 0 spiro atoms. The number of methoxy groups -OCH3 is 1. The minimum atomic E-state index is -1.59. The Morgan fingerprint density at radius 1 is 0.967 bits per heavy atom. The average molecular weight is 412 g/mol. The lowest BCUT2D eigenvalue weighted by Gasteiger charge is -2.34. The third kappa shape index (κ3) is 4.05. The maximum Gasteiger partial charge on any atom is 0.326 e. The van der Waals surface area contributed by atoms with Crippen LogP contribution < -0.4 is 4.74 Å². The second-order valence-electron chi connectivity index (χ2n) is 7.18. The molecule has 0 bridgehead atoms. The monoisotopic (exact) mass is 412 g/mol. The fourth-order valence-corrected chi connectivity index (χ4v) is 4.08. The summed E-state index contributed by atoms with van der Waals surface area (Å²) < 4.78 is 22.2. The second kappa shape index (κ2) is 9.76. The van der Waals surface area contributed by atoms with Gasteiger partial charge in [-0.05, 0) is 43.5 Å². The maximum absolute atomic E-state index is 13.4. The first kappa shape index (κ1) is 21.8. The van der Waals surface area contributed by atoms with Crippen molar-refractivity contribution in [3.8, 4) is 5.75 Å². The van der Waals surface area contributed by atoms with Gasteiger partial charge in [-0.15, -0.1) is 0 Å². The molecule has 30 heavy (non-hydrogen) atoms. The van der Waals surface area contributed by atoms with Gasteiger partial charge in [0.1, 0.15) is 11.9 Å². The highest BCUT2D eigenvalue weighted by atomic mass is 16.6. The summed E-state index contributed by atoms with van der Waals surface area (Å²) >= 11 is 0. The predicted octanol–water partition coefficient (Wildman–Crippen LogP) is 3.74. The number of carbonyl (C=O) groups excluding carboxylic acids is 2. The summed E-state index contributed by atoms with van der Waals surface area (Å²) in [4.78, 5) is 26.7. The van der Waals surface area contributed by atoms with E-state index in [1.807, 2.05) is 42.5 Å². The standard InChI is InChI=1S/C24H28O6/c1-4-28-22(25)24(23(26)29-5-2)19(15-17-9-7-6-8-10-17)16-30-21(24)18-11-13-20(27-3)14-12-18/h6-14,19,21H,4-5,15-16H2,1-3H3/t19-,21+/m1/s1. The molecule has 0 saturated carbocycles. The van der Waals surface area contributed by atoms with Crippen LogP contribution in [0.25, 0.3) is 0 Å². The average Bonchev–Trinajstić information content (AvgIpc) is 3.14. The first-order valence-electron chi connectivity index (χ1n) is 10.2. The van der Waals surface area contributed by atoms with Crippen molar-refractivity contribution in [2.75, 3.05) is 26.9 Å². The third-order valence-electron chi connectivity index (χ3n) is 5.49. The van der Waals surface area contributed by atoms with Crippen LogP contribution in [0, 0.1) is 11.3 Å². The Labute approximate surface area is 177 Å². The lowest BCUT2D eigenvalue weighted by molar-refractivity contribution is -0.179. The van der Waals surface area contributed by atoms with E-state index < -0.39 is 29.4 Å². The topological polar surface area (TPSA) is 71.1 Å². The van der Waals surface area contributed by atoms with Gasteiger partial charge in [0.2, 0.25) is 0 Å². The summed E-state index contributed by atoms with van der Waals surface area (Å²) in [7, 11) is 1.58. The van der Waals surface area contributed by atoms with Crippen LogP contribution in [0.4, 0.5) is 0 Å². The fourth-order valence-electron chi connectivity index (χ4n) is 4.08. The van der Waals surface area contributed by atoms with E-state index >= 15 is 0 Å². The maximum atomic E-state index is 13.4. The van der Waals surface area contributed by atoms with Gasteiger partial charge < -0.3 is 18.9 Å². The van der Waals surface area contributed by atoms with Crippen LogP contribution in [0.1, 0.15) is 31.1 Å². The van der Waals surface area contributed by atoms with Crippen molar-refractivity contribution in [1.82, 2.24) is 0 Å². The summed E-state index contributed by atoms with van der Waals surface area (Å²) in [6, 6.07) is 16.9. The molecule has 2 aromatic rings. The molecule has 1 aliphatic heterocycles. The van der Waals surface area contributed by atoms with E-state index in [1.165, 1.54) is 0 Å². The Kier molecular flexibility index (Phi) is 7.11. The first-order valence-corrected chi connectivity index (χ1v) is 10.2. The molecule has 0 aliphatic carbocycles. The smallest absolute Gasteiger partial charge is 0.326 e. The Bertz CT molecular complexity index is 828. The predicted molar refractivity (Wildman–Crippen MR) is 111 cm³/mol. The number of carbonyl (C=O) groups is 2. The van der Waals surface area contributed by atoms with Crippen molar-refractivity contribution in [3.05, 3.63) is 65.7 Å². The molecule has 1 heterocycles. The van der Waals surface area contributed by atoms with Gasteiger partial charge in [-0.2, -0.15) is 0 Å². The van der Waals surface area contributed by atoms with E-state index in [2.05, 4.69) is 0 Å². The summed E-state index contributed by atoms with van der Waals surface area (Å²) in [5, 5.41) is 0. The lowest BCUT2D eigenvalue weighted by Crippen LogP contribution is -2.49.